The van der Waals surface area contributed by atoms with Crippen LogP contribution in [0.2, 0.25) is 0 Å². The topological polar surface area (TPSA) is 105 Å². The fraction of sp³-hybridized carbons (Fsp3) is 0.615. The maximum absolute atomic E-state index is 5.47. The van der Waals surface area contributed by atoms with Crippen LogP contribution < -0.4 is 16.2 Å². The average Bonchev–Trinajstić information content (AvgIpc) is 2.99. The number of hydrogen-bond acceptors (Lipinski definition) is 7. The summed E-state index contributed by atoms with van der Waals surface area (Å²) in [6.07, 6.45) is 3.79. The second-order valence-electron chi connectivity index (χ2n) is 4.80. The summed E-state index contributed by atoms with van der Waals surface area (Å²) >= 11 is 0. The predicted octanol–water partition coefficient (Wildman–Crippen LogP) is 1.28. The van der Waals surface area contributed by atoms with Crippen molar-refractivity contribution in [3.8, 4) is 0 Å². The van der Waals surface area contributed by atoms with E-state index in [0.717, 1.165) is 30.6 Å². The predicted molar refractivity (Wildman–Crippen MR) is 83.1 cm³/mol. The maximum Gasteiger partial charge on any atom is 0.241 e. The van der Waals surface area contributed by atoms with Crippen LogP contribution in [0.4, 0.5) is 11.8 Å². The molecular formula is C13H23N7O. The average molecular weight is 293 g/mol. The Balaban J connectivity index is 2.48. The minimum absolute atomic E-state index is 0.370. The van der Waals surface area contributed by atoms with E-state index in [0.29, 0.717) is 24.2 Å². The Morgan fingerprint density at radius 3 is 2.76 bits per heavy atom. The number of nitrogens with two attached hydrogens (primary N) is 1. The summed E-state index contributed by atoms with van der Waals surface area (Å²) in [6.45, 7) is 5.73. The molecule has 21 heavy (non-hydrogen) atoms. The molecule has 0 saturated heterocycles. The van der Waals surface area contributed by atoms with E-state index < -0.39 is 0 Å². The molecule has 0 radical (unpaired) electrons. The van der Waals surface area contributed by atoms with E-state index in [1.54, 1.807) is 13.3 Å². The lowest BCUT2D eigenvalue weighted by atomic mass is 10.1. The number of H-pyrrole nitrogens is 1. The van der Waals surface area contributed by atoms with E-state index >= 15 is 0 Å². The zero-order valence-electron chi connectivity index (χ0n) is 12.8. The summed E-state index contributed by atoms with van der Waals surface area (Å²) < 4.78 is 5.23. The Morgan fingerprint density at radius 1 is 1.38 bits per heavy atom. The molecule has 2 rings (SSSR count). The first kappa shape index (κ1) is 15.5. The number of nitrogens with zero attached hydrogens (tertiary/aromatic N) is 4. The first-order chi connectivity index (χ1) is 10.2. The third-order valence-corrected chi connectivity index (χ3v) is 3.61. The Labute approximate surface area is 124 Å². The molecule has 2 aromatic rings. The fourth-order valence-corrected chi connectivity index (χ4v) is 2.48. The van der Waals surface area contributed by atoms with Gasteiger partial charge in [0, 0.05) is 19.7 Å². The number of nitrogen functional groups attached to an aromatic ring is 1. The van der Waals surface area contributed by atoms with Crippen LogP contribution in [0.15, 0.2) is 6.20 Å². The number of aromatic amines is 1. The van der Waals surface area contributed by atoms with Crippen molar-refractivity contribution in [2.45, 2.75) is 32.7 Å². The van der Waals surface area contributed by atoms with Gasteiger partial charge in [0.2, 0.25) is 5.95 Å². The molecule has 0 aromatic carbocycles. The molecule has 4 N–H and O–H groups in total. The monoisotopic (exact) mass is 293 g/mol. The van der Waals surface area contributed by atoms with Gasteiger partial charge in [0.15, 0.2) is 5.65 Å². The van der Waals surface area contributed by atoms with Crippen LogP contribution in [-0.4, -0.2) is 46.5 Å². The molecule has 0 fully saturated rings. The van der Waals surface area contributed by atoms with Crippen LogP contribution in [0.3, 0.4) is 0 Å². The number of anilines is 2. The molecule has 0 atom stereocenters. The Morgan fingerprint density at radius 2 is 2.14 bits per heavy atom. The molecule has 0 amide bonds. The standard InChI is InChI=1S/C13H23N7O/c1-4-9(5-2)20(6-7-21-3)12-10-8-15-19-11(10)16-13(17-12)18-14/h8-9H,4-7,14H2,1-3H3,(H2,15,16,17,18,19). The number of ether oxygens (including phenoxy) is 1. The largest absolute Gasteiger partial charge is 0.383 e. The van der Waals surface area contributed by atoms with Crippen molar-refractivity contribution < 1.29 is 4.74 Å². The molecule has 2 aromatic heterocycles. The lowest BCUT2D eigenvalue weighted by molar-refractivity contribution is 0.202. The van der Waals surface area contributed by atoms with E-state index in [-0.39, 0.29) is 0 Å². The Hall–Kier alpha value is -1.93. The van der Waals surface area contributed by atoms with Crippen LogP contribution in [0.1, 0.15) is 26.7 Å². The first-order valence-corrected chi connectivity index (χ1v) is 7.18. The SMILES string of the molecule is CCC(CC)N(CCOC)c1nc(NN)nc2[nH]ncc12. The number of nitrogens with one attached hydrogen (secondary N) is 2. The van der Waals surface area contributed by atoms with Gasteiger partial charge < -0.3 is 9.64 Å². The molecule has 0 unspecified atom stereocenters. The van der Waals surface area contributed by atoms with Gasteiger partial charge >= 0.3 is 0 Å². The molecule has 8 nitrogen and oxygen atoms in total. The molecular weight excluding hydrogens is 270 g/mol. The molecule has 8 heteroatoms. The van der Waals surface area contributed by atoms with Gasteiger partial charge in [-0.2, -0.15) is 15.1 Å². The van der Waals surface area contributed by atoms with Gasteiger partial charge in [-0.1, -0.05) is 13.8 Å². The number of rotatable bonds is 8. The summed E-state index contributed by atoms with van der Waals surface area (Å²) in [5.74, 6) is 6.66. The number of hydrazine groups is 1. The highest BCUT2D eigenvalue weighted by atomic mass is 16.5. The summed E-state index contributed by atoms with van der Waals surface area (Å²) in [6, 6.07) is 0.374. The quantitative estimate of drug-likeness (QED) is 0.497. The van der Waals surface area contributed by atoms with Crippen molar-refractivity contribution in [1.29, 1.82) is 0 Å². The lowest BCUT2D eigenvalue weighted by Crippen LogP contribution is -2.38. The summed E-state index contributed by atoms with van der Waals surface area (Å²) in [4.78, 5) is 11.0. The fourth-order valence-electron chi connectivity index (χ4n) is 2.48. The molecule has 0 aliphatic rings. The number of hydrogen-bond donors (Lipinski definition) is 3. The van der Waals surface area contributed by atoms with Crippen molar-refractivity contribution in [2.24, 2.45) is 5.84 Å². The zero-order chi connectivity index (χ0) is 15.2. The zero-order valence-corrected chi connectivity index (χ0v) is 12.8. The van der Waals surface area contributed by atoms with Crippen LogP contribution in [0, 0.1) is 0 Å². The number of methoxy groups -OCH3 is 1. The second-order valence-corrected chi connectivity index (χ2v) is 4.80. The van der Waals surface area contributed by atoms with Gasteiger partial charge in [-0.25, -0.2) is 5.84 Å². The highest BCUT2D eigenvalue weighted by Crippen LogP contribution is 2.26. The molecule has 2 heterocycles. The van der Waals surface area contributed by atoms with Crippen molar-refractivity contribution >= 4 is 22.8 Å². The van der Waals surface area contributed by atoms with E-state index in [9.17, 15) is 0 Å². The van der Waals surface area contributed by atoms with Crippen LogP contribution in [0.5, 0.6) is 0 Å². The molecule has 0 aliphatic heterocycles. The molecule has 0 aliphatic carbocycles. The third kappa shape index (κ3) is 3.22. The summed E-state index contributed by atoms with van der Waals surface area (Å²) in [5, 5.41) is 7.81. The maximum atomic E-state index is 5.47. The summed E-state index contributed by atoms with van der Waals surface area (Å²) in [5.41, 5.74) is 3.18. The molecule has 116 valence electrons. The normalized spacial score (nSPS) is 11.3. The Kier molecular flexibility index (Phi) is 5.29. The molecule has 0 saturated carbocycles. The van der Waals surface area contributed by atoms with E-state index in [2.05, 4.69) is 44.3 Å². The number of aromatic nitrogens is 4. The highest BCUT2D eigenvalue weighted by molar-refractivity contribution is 5.87. The van der Waals surface area contributed by atoms with E-state index in [4.69, 9.17) is 10.6 Å². The second kappa shape index (κ2) is 7.19. The third-order valence-electron chi connectivity index (χ3n) is 3.61. The molecule has 0 spiro atoms. The van der Waals surface area contributed by atoms with E-state index in [1.165, 1.54) is 0 Å². The van der Waals surface area contributed by atoms with Gasteiger partial charge in [-0.15, -0.1) is 0 Å². The van der Waals surface area contributed by atoms with Gasteiger partial charge in [0.25, 0.3) is 0 Å². The van der Waals surface area contributed by atoms with E-state index in [1.807, 2.05) is 0 Å². The smallest absolute Gasteiger partial charge is 0.241 e. The van der Waals surface area contributed by atoms with Gasteiger partial charge in [0.05, 0.1) is 18.2 Å². The van der Waals surface area contributed by atoms with Gasteiger partial charge in [-0.3, -0.25) is 10.5 Å². The number of fused-ring (bicyclic) bond motifs is 1. The van der Waals surface area contributed by atoms with Crippen molar-refractivity contribution in [3.05, 3.63) is 6.20 Å². The van der Waals surface area contributed by atoms with Gasteiger partial charge in [0.1, 0.15) is 5.82 Å². The summed E-state index contributed by atoms with van der Waals surface area (Å²) in [7, 11) is 1.70. The molecule has 0 bridgehead atoms. The van der Waals surface area contributed by atoms with Crippen molar-refractivity contribution in [3.63, 3.8) is 0 Å². The van der Waals surface area contributed by atoms with Crippen LogP contribution in [0.25, 0.3) is 11.0 Å². The van der Waals surface area contributed by atoms with Crippen LogP contribution in [-0.2, 0) is 4.74 Å². The Bertz CT molecular complexity index is 567. The highest BCUT2D eigenvalue weighted by Gasteiger charge is 2.21. The minimum Gasteiger partial charge on any atom is -0.383 e. The van der Waals surface area contributed by atoms with Crippen LogP contribution >= 0.6 is 0 Å². The minimum atomic E-state index is 0.370. The lowest BCUT2D eigenvalue weighted by Gasteiger charge is -2.31. The first-order valence-electron chi connectivity index (χ1n) is 7.18. The van der Waals surface area contributed by atoms with Gasteiger partial charge in [-0.05, 0) is 12.8 Å². The van der Waals surface area contributed by atoms with Crippen molar-refractivity contribution in [2.75, 3.05) is 30.6 Å². The van der Waals surface area contributed by atoms with Crippen molar-refractivity contribution in [1.82, 2.24) is 20.2 Å².